The van der Waals surface area contributed by atoms with E-state index in [-0.39, 0.29) is 22.9 Å². The lowest BCUT2D eigenvalue weighted by Gasteiger charge is -2.39. The van der Waals surface area contributed by atoms with Gasteiger partial charge in [0, 0.05) is 33.4 Å². The molecule has 0 saturated carbocycles. The Hall–Kier alpha value is -2.72. The lowest BCUT2D eigenvalue weighted by atomic mass is 9.69. The third kappa shape index (κ3) is 5.59. The molecule has 1 aliphatic heterocycles. The molecule has 0 aromatic heterocycles. The number of Topliss-reactive ketones (excluding diaryl/α,β-unsaturated/α-hetero) is 1. The molecular weight excluding hydrogens is 501 g/mol. The van der Waals surface area contributed by atoms with Crippen LogP contribution in [0.2, 0.25) is 10.0 Å². The second-order valence-electron chi connectivity index (χ2n) is 9.60. The Morgan fingerprint density at radius 3 is 2.57 bits per heavy atom. The zero-order valence-corrected chi connectivity index (χ0v) is 22.0. The van der Waals surface area contributed by atoms with Gasteiger partial charge >= 0.3 is 0 Å². The molecule has 8 heteroatoms. The second kappa shape index (κ2) is 10.1. The molecule has 0 radical (unpaired) electrons. The lowest BCUT2D eigenvalue weighted by Crippen LogP contribution is -2.37. The summed E-state index contributed by atoms with van der Waals surface area (Å²) in [4.78, 5) is 25.9. The lowest BCUT2D eigenvalue weighted by molar-refractivity contribution is -0.118. The predicted molar refractivity (Wildman–Crippen MR) is 142 cm³/mol. The van der Waals surface area contributed by atoms with Crippen molar-refractivity contribution in [2.24, 2.45) is 5.41 Å². The molecule has 1 aliphatic carbocycles. The Balaban J connectivity index is 1.63. The molecule has 2 aromatic rings. The summed E-state index contributed by atoms with van der Waals surface area (Å²) >= 11 is 13.5. The minimum Gasteiger partial charge on any atom is -0.352 e. The molecule has 1 unspecified atom stereocenters. The van der Waals surface area contributed by atoms with Crippen molar-refractivity contribution in [3.05, 3.63) is 85.5 Å². The van der Waals surface area contributed by atoms with E-state index in [9.17, 15) is 14.9 Å². The summed E-state index contributed by atoms with van der Waals surface area (Å²) in [5.74, 6) is -0.593. The highest BCUT2D eigenvalue weighted by Crippen LogP contribution is 2.47. The molecule has 0 spiro atoms. The average Bonchev–Trinajstić information content (AvgIpc) is 2.79. The van der Waals surface area contributed by atoms with Gasteiger partial charge in [-0.05, 0) is 54.2 Å². The molecule has 2 aromatic carbocycles. The summed E-state index contributed by atoms with van der Waals surface area (Å²) in [6.45, 7) is 6.01. The Bertz CT molecular complexity index is 1310. The van der Waals surface area contributed by atoms with Crippen molar-refractivity contribution in [1.29, 1.82) is 5.26 Å². The van der Waals surface area contributed by atoms with Gasteiger partial charge in [-0.1, -0.05) is 67.0 Å². The molecule has 1 amide bonds. The third-order valence-electron chi connectivity index (χ3n) is 6.13. The van der Waals surface area contributed by atoms with Crippen molar-refractivity contribution in [2.45, 2.75) is 39.5 Å². The summed E-state index contributed by atoms with van der Waals surface area (Å²) < 4.78 is 0. The van der Waals surface area contributed by atoms with E-state index >= 15 is 0 Å². The molecule has 5 nitrogen and oxygen atoms in total. The van der Waals surface area contributed by atoms with Crippen molar-refractivity contribution in [1.82, 2.24) is 5.32 Å². The number of rotatable bonds is 5. The highest BCUT2D eigenvalue weighted by molar-refractivity contribution is 8.03. The first-order valence-corrected chi connectivity index (χ1v) is 12.9. The summed E-state index contributed by atoms with van der Waals surface area (Å²) in [5, 5.41) is 18.1. The summed E-state index contributed by atoms with van der Waals surface area (Å²) in [5.41, 5.74) is 4.04. The number of carbonyl (C=O) groups is 2. The molecule has 0 saturated heterocycles. The van der Waals surface area contributed by atoms with Gasteiger partial charge in [-0.3, -0.25) is 9.59 Å². The number of amides is 1. The van der Waals surface area contributed by atoms with Crippen LogP contribution in [-0.4, -0.2) is 17.4 Å². The zero-order chi connectivity index (χ0) is 25.3. The molecule has 4 rings (SSSR count). The van der Waals surface area contributed by atoms with Crippen LogP contribution in [-0.2, 0) is 9.59 Å². The maximum absolute atomic E-state index is 13.2. The van der Waals surface area contributed by atoms with E-state index in [1.165, 1.54) is 11.8 Å². The molecule has 35 heavy (non-hydrogen) atoms. The summed E-state index contributed by atoms with van der Waals surface area (Å²) in [7, 11) is 0. The number of hydrogen-bond donors (Lipinski definition) is 2. The van der Waals surface area contributed by atoms with Crippen LogP contribution < -0.4 is 10.6 Å². The molecule has 0 bridgehead atoms. The Labute approximate surface area is 219 Å². The highest BCUT2D eigenvalue weighted by Gasteiger charge is 2.41. The Morgan fingerprint density at radius 2 is 1.91 bits per heavy atom. The number of dihydropyridines is 1. The number of anilines is 1. The average molecular weight is 526 g/mol. The normalized spacial score (nSPS) is 19.1. The van der Waals surface area contributed by atoms with Crippen LogP contribution in [0.3, 0.4) is 0 Å². The maximum atomic E-state index is 13.2. The number of carbonyl (C=O) groups excluding carboxylic acids is 2. The van der Waals surface area contributed by atoms with Crippen molar-refractivity contribution >= 4 is 52.3 Å². The number of ketones is 1. The van der Waals surface area contributed by atoms with Gasteiger partial charge in [0.05, 0.1) is 28.3 Å². The molecule has 2 aliphatic rings. The molecular formula is C27H25Cl2N3O2S. The first kappa shape index (κ1) is 25.4. The predicted octanol–water partition coefficient (Wildman–Crippen LogP) is 6.74. The van der Waals surface area contributed by atoms with E-state index in [2.05, 4.69) is 30.6 Å². The topological polar surface area (TPSA) is 82.0 Å². The zero-order valence-electron chi connectivity index (χ0n) is 19.7. The minimum atomic E-state index is -0.501. The van der Waals surface area contributed by atoms with Gasteiger partial charge in [0.2, 0.25) is 5.91 Å². The number of thioether (sulfide) groups is 1. The number of allylic oxidation sites excluding steroid dienone is 3. The summed E-state index contributed by atoms with van der Waals surface area (Å²) in [6.07, 6.45) is 1.09. The fourth-order valence-electron chi connectivity index (χ4n) is 4.48. The Kier molecular flexibility index (Phi) is 7.32. The van der Waals surface area contributed by atoms with Crippen LogP contribution >= 0.6 is 35.0 Å². The number of hydrogen-bond acceptors (Lipinski definition) is 5. The van der Waals surface area contributed by atoms with Gasteiger partial charge in [-0.15, -0.1) is 0 Å². The molecule has 0 fully saturated rings. The minimum absolute atomic E-state index is 0.0366. The number of nitrogens with zero attached hydrogens (tertiary/aromatic N) is 1. The van der Waals surface area contributed by atoms with Crippen LogP contribution in [0.1, 0.15) is 43.7 Å². The smallest absolute Gasteiger partial charge is 0.234 e. The maximum Gasteiger partial charge on any atom is 0.234 e. The van der Waals surface area contributed by atoms with Crippen molar-refractivity contribution in [3.8, 4) is 6.07 Å². The van der Waals surface area contributed by atoms with Gasteiger partial charge in [-0.25, -0.2) is 0 Å². The number of benzene rings is 2. The molecule has 1 atom stereocenters. The first-order chi connectivity index (χ1) is 16.6. The number of aryl methyl sites for hydroxylation is 1. The fourth-order valence-corrected chi connectivity index (χ4v) is 5.65. The Morgan fingerprint density at radius 1 is 1.20 bits per heavy atom. The highest BCUT2D eigenvalue weighted by atomic mass is 35.5. The van der Waals surface area contributed by atoms with Gasteiger partial charge < -0.3 is 10.6 Å². The van der Waals surface area contributed by atoms with Crippen molar-refractivity contribution in [3.63, 3.8) is 0 Å². The monoisotopic (exact) mass is 525 g/mol. The van der Waals surface area contributed by atoms with E-state index < -0.39 is 5.92 Å². The number of halogens is 2. The van der Waals surface area contributed by atoms with E-state index in [1.807, 2.05) is 25.1 Å². The SMILES string of the molecule is Cc1ccc(NC(=O)CSC2=C(C#N)C(c3ccc(Cl)cc3)C3=C(CC(C)(C)CC3=O)N2)cc1Cl. The van der Waals surface area contributed by atoms with Crippen molar-refractivity contribution < 1.29 is 9.59 Å². The van der Waals surface area contributed by atoms with E-state index in [0.717, 1.165) is 16.8 Å². The van der Waals surface area contributed by atoms with Gasteiger partial charge in [-0.2, -0.15) is 5.26 Å². The summed E-state index contributed by atoms with van der Waals surface area (Å²) in [6, 6.07) is 14.9. The van der Waals surface area contributed by atoms with Crippen LogP contribution in [0, 0.1) is 23.7 Å². The van der Waals surface area contributed by atoms with Crippen LogP contribution in [0.5, 0.6) is 0 Å². The molecule has 1 heterocycles. The second-order valence-corrected chi connectivity index (χ2v) is 11.4. The van der Waals surface area contributed by atoms with Crippen LogP contribution in [0.15, 0.2) is 64.3 Å². The van der Waals surface area contributed by atoms with E-state index in [4.69, 9.17) is 23.2 Å². The third-order valence-corrected chi connectivity index (χ3v) is 7.81. The van der Waals surface area contributed by atoms with Gasteiger partial charge in [0.25, 0.3) is 0 Å². The number of nitrogens with one attached hydrogen (secondary N) is 2. The molecule has 180 valence electrons. The van der Waals surface area contributed by atoms with Gasteiger partial charge in [0.1, 0.15) is 0 Å². The largest absolute Gasteiger partial charge is 0.352 e. The first-order valence-electron chi connectivity index (χ1n) is 11.2. The fraction of sp³-hybridized carbons (Fsp3) is 0.296. The quantitative estimate of drug-likeness (QED) is 0.451. The van der Waals surface area contributed by atoms with Crippen LogP contribution in [0.4, 0.5) is 5.69 Å². The van der Waals surface area contributed by atoms with E-state index in [1.54, 1.807) is 24.3 Å². The standard InChI is InChI=1S/C27H25Cl2N3O2S/c1-15-4-9-18(10-20(15)29)31-23(34)14-35-26-19(13-30)24(16-5-7-17(28)8-6-16)25-21(32-26)11-27(2,3)12-22(25)33/h4-10,24,32H,11-12,14H2,1-3H3,(H,31,34). The van der Waals surface area contributed by atoms with E-state index in [0.29, 0.717) is 44.7 Å². The van der Waals surface area contributed by atoms with Crippen molar-refractivity contribution in [2.75, 3.05) is 11.1 Å². The number of nitriles is 1. The molecule has 2 N–H and O–H groups in total. The van der Waals surface area contributed by atoms with Gasteiger partial charge in [0.15, 0.2) is 5.78 Å². The van der Waals surface area contributed by atoms with Crippen LogP contribution in [0.25, 0.3) is 0 Å².